The maximum Gasteiger partial charge on any atom is 0.268 e. The second-order valence-corrected chi connectivity index (χ2v) is 7.30. The lowest BCUT2D eigenvalue weighted by Crippen LogP contribution is -2.14. The molecule has 0 radical (unpaired) electrons. The molecule has 0 amide bonds. The summed E-state index contributed by atoms with van der Waals surface area (Å²) < 4.78 is 32.6. The third-order valence-electron chi connectivity index (χ3n) is 4.04. The molecule has 0 unspecified atom stereocenters. The highest BCUT2D eigenvalue weighted by atomic mass is 32.2. The van der Waals surface area contributed by atoms with Gasteiger partial charge in [-0.1, -0.05) is 31.5 Å². The largest absolute Gasteiger partial charge is 0.481 e. The molecule has 2 aromatic heterocycles. The number of aryl methyl sites for hydroxylation is 2. The molecule has 0 saturated carbocycles. The van der Waals surface area contributed by atoms with Crippen LogP contribution in [0.15, 0.2) is 41.3 Å². The summed E-state index contributed by atoms with van der Waals surface area (Å²) >= 11 is 0. The molecule has 0 aliphatic heterocycles. The number of fused-ring (bicyclic) bond motifs is 1. The van der Waals surface area contributed by atoms with Crippen molar-refractivity contribution in [3.05, 3.63) is 53.2 Å². The second-order valence-electron chi connectivity index (χ2n) is 5.51. The molecule has 0 N–H and O–H groups in total. The first-order valence-electron chi connectivity index (χ1n) is 8.21. The Hall–Kier alpha value is -2.34. The lowest BCUT2D eigenvalue weighted by atomic mass is 10.2. The summed E-state index contributed by atoms with van der Waals surface area (Å²) in [4.78, 5) is 4.65. The van der Waals surface area contributed by atoms with E-state index in [1.54, 1.807) is 43.3 Å². The highest BCUT2D eigenvalue weighted by Gasteiger charge is 2.24. The summed E-state index contributed by atoms with van der Waals surface area (Å²) in [7, 11) is -2.14. The Balaban J connectivity index is 0.00000109. The van der Waals surface area contributed by atoms with E-state index < -0.39 is 10.0 Å². The van der Waals surface area contributed by atoms with Gasteiger partial charge in [0.2, 0.25) is 5.88 Å². The van der Waals surface area contributed by atoms with Crippen molar-refractivity contribution in [3.63, 3.8) is 0 Å². The van der Waals surface area contributed by atoms with Crippen LogP contribution in [0.2, 0.25) is 0 Å². The average Bonchev–Trinajstić information content (AvgIpc) is 2.88. The van der Waals surface area contributed by atoms with E-state index in [1.807, 2.05) is 27.7 Å². The standard InChI is InChI=1S/C17H18N2O3S.C2H6/c1-11-5-7-14(8-6-11)23(20,21)19-13(3)12(2)17-15(19)9-10-16(18-17)22-4;1-2/h5-10H,1-4H3;1-2H3. The molecule has 0 atom stereocenters. The van der Waals surface area contributed by atoms with E-state index in [4.69, 9.17) is 4.74 Å². The molecule has 3 aromatic rings. The van der Waals surface area contributed by atoms with E-state index in [1.165, 1.54) is 11.1 Å². The fraction of sp³-hybridized carbons (Fsp3) is 0.316. The first-order chi connectivity index (χ1) is 11.9. The Kier molecular flexibility index (Phi) is 5.52. The van der Waals surface area contributed by atoms with Crippen molar-refractivity contribution in [2.45, 2.75) is 39.5 Å². The van der Waals surface area contributed by atoms with E-state index in [2.05, 4.69) is 4.98 Å². The molecule has 0 aliphatic rings. The van der Waals surface area contributed by atoms with Crippen LogP contribution in [0, 0.1) is 20.8 Å². The van der Waals surface area contributed by atoms with E-state index in [0.29, 0.717) is 22.6 Å². The van der Waals surface area contributed by atoms with Crippen LogP contribution < -0.4 is 4.74 Å². The Bertz CT molecular complexity index is 988. The fourth-order valence-electron chi connectivity index (χ4n) is 2.62. The third kappa shape index (κ3) is 3.26. The zero-order valence-corrected chi connectivity index (χ0v) is 16.3. The molecule has 1 aromatic carbocycles. The van der Waals surface area contributed by atoms with Crippen molar-refractivity contribution in [1.82, 2.24) is 8.96 Å². The van der Waals surface area contributed by atoms with Crippen molar-refractivity contribution in [1.29, 1.82) is 0 Å². The van der Waals surface area contributed by atoms with Gasteiger partial charge in [0.05, 0.1) is 23.0 Å². The summed E-state index contributed by atoms with van der Waals surface area (Å²) in [5.41, 5.74) is 3.69. The van der Waals surface area contributed by atoms with Crippen molar-refractivity contribution in [2.24, 2.45) is 0 Å². The summed E-state index contributed by atoms with van der Waals surface area (Å²) in [6, 6.07) is 10.2. The van der Waals surface area contributed by atoms with Crippen LogP contribution in [0.1, 0.15) is 30.7 Å². The van der Waals surface area contributed by atoms with E-state index in [9.17, 15) is 8.42 Å². The number of ether oxygens (including phenoxy) is 1. The summed E-state index contributed by atoms with van der Waals surface area (Å²) in [6.07, 6.45) is 0. The fourth-order valence-corrected chi connectivity index (χ4v) is 4.21. The molecule has 3 rings (SSSR count). The first kappa shape index (κ1) is 19.0. The lowest BCUT2D eigenvalue weighted by molar-refractivity contribution is 0.399. The zero-order valence-electron chi connectivity index (χ0n) is 15.5. The van der Waals surface area contributed by atoms with Crippen LogP contribution in [0.3, 0.4) is 0 Å². The van der Waals surface area contributed by atoms with Crippen molar-refractivity contribution >= 4 is 21.1 Å². The van der Waals surface area contributed by atoms with Gasteiger partial charge in [-0.2, -0.15) is 0 Å². The van der Waals surface area contributed by atoms with Crippen molar-refractivity contribution in [3.8, 4) is 5.88 Å². The van der Waals surface area contributed by atoms with Gasteiger partial charge >= 0.3 is 0 Å². The predicted octanol–water partition coefficient (Wildman–Crippen LogP) is 4.23. The quantitative estimate of drug-likeness (QED) is 0.701. The Morgan fingerprint density at radius 2 is 1.56 bits per heavy atom. The number of hydrogen-bond donors (Lipinski definition) is 0. The molecule has 0 bridgehead atoms. The highest BCUT2D eigenvalue weighted by molar-refractivity contribution is 7.90. The summed E-state index contributed by atoms with van der Waals surface area (Å²) in [5.74, 6) is 0.463. The van der Waals surface area contributed by atoms with Crippen LogP contribution in [0.4, 0.5) is 0 Å². The SMILES string of the molecule is CC.COc1ccc2c(n1)c(C)c(C)n2S(=O)(=O)c1ccc(C)cc1. The first-order valence-corrected chi connectivity index (χ1v) is 9.65. The van der Waals surface area contributed by atoms with Gasteiger partial charge in [-0.05, 0) is 44.5 Å². The molecule has 6 heteroatoms. The smallest absolute Gasteiger partial charge is 0.268 e. The molecule has 2 heterocycles. The van der Waals surface area contributed by atoms with Gasteiger partial charge in [-0.15, -0.1) is 0 Å². The summed E-state index contributed by atoms with van der Waals surface area (Å²) in [5, 5.41) is 0. The number of nitrogens with zero attached hydrogens (tertiary/aromatic N) is 2. The average molecular weight is 360 g/mol. The van der Waals surface area contributed by atoms with Crippen LogP contribution in [-0.4, -0.2) is 24.5 Å². The normalized spacial score (nSPS) is 11.1. The Morgan fingerprint density at radius 3 is 2.12 bits per heavy atom. The molecule has 5 nitrogen and oxygen atoms in total. The van der Waals surface area contributed by atoms with Crippen LogP contribution in [-0.2, 0) is 10.0 Å². The van der Waals surface area contributed by atoms with Crippen molar-refractivity contribution in [2.75, 3.05) is 7.11 Å². The van der Waals surface area contributed by atoms with Gasteiger partial charge < -0.3 is 4.74 Å². The molecule has 0 aliphatic carbocycles. The molecule has 0 saturated heterocycles. The van der Waals surface area contributed by atoms with Gasteiger partial charge in [0.15, 0.2) is 0 Å². The number of rotatable bonds is 3. The molecular weight excluding hydrogens is 336 g/mol. The van der Waals surface area contributed by atoms with E-state index in [-0.39, 0.29) is 4.90 Å². The highest BCUT2D eigenvalue weighted by Crippen LogP contribution is 2.29. The minimum absolute atomic E-state index is 0.263. The molecular formula is C19H24N2O3S. The van der Waals surface area contributed by atoms with E-state index >= 15 is 0 Å². The number of hydrogen-bond acceptors (Lipinski definition) is 4. The van der Waals surface area contributed by atoms with Crippen LogP contribution >= 0.6 is 0 Å². The van der Waals surface area contributed by atoms with E-state index in [0.717, 1.165) is 11.1 Å². The number of aromatic nitrogens is 2. The van der Waals surface area contributed by atoms with Crippen LogP contribution in [0.5, 0.6) is 5.88 Å². The Labute approximate surface area is 149 Å². The maximum atomic E-state index is 13.1. The van der Waals surface area contributed by atoms with Crippen LogP contribution in [0.25, 0.3) is 11.0 Å². The van der Waals surface area contributed by atoms with Crippen molar-refractivity contribution < 1.29 is 13.2 Å². The molecule has 0 spiro atoms. The minimum Gasteiger partial charge on any atom is -0.481 e. The van der Waals surface area contributed by atoms with Gasteiger partial charge in [-0.25, -0.2) is 17.4 Å². The topological polar surface area (TPSA) is 61.2 Å². The zero-order chi connectivity index (χ0) is 18.8. The second kappa shape index (κ2) is 7.27. The number of pyridine rings is 1. The minimum atomic E-state index is -3.68. The lowest BCUT2D eigenvalue weighted by Gasteiger charge is -2.10. The number of benzene rings is 1. The molecule has 25 heavy (non-hydrogen) atoms. The van der Waals surface area contributed by atoms with Gasteiger partial charge in [0.25, 0.3) is 10.0 Å². The third-order valence-corrected chi connectivity index (χ3v) is 5.86. The number of methoxy groups -OCH3 is 1. The van der Waals surface area contributed by atoms with Gasteiger partial charge in [0.1, 0.15) is 0 Å². The van der Waals surface area contributed by atoms with Gasteiger partial charge in [0, 0.05) is 11.8 Å². The van der Waals surface area contributed by atoms with Gasteiger partial charge in [-0.3, -0.25) is 0 Å². The predicted molar refractivity (Wildman–Crippen MR) is 101 cm³/mol. The Morgan fingerprint density at radius 1 is 0.960 bits per heavy atom. The summed E-state index contributed by atoms with van der Waals surface area (Å²) in [6.45, 7) is 9.58. The monoisotopic (exact) mass is 360 g/mol. The maximum absolute atomic E-state index is 13.1. The molecule has 0 fully saturated rings. The molecule has 134 valence electrons.